The zero-order valence-corrected chi connectivity index (χ0v) is 11.9. The largest absolute Gasteiger partial charge is 0.491 e. The lowest BCUT2D eigenvalue weighted by molar-refractivity contribution is 0.322. The molecule has 0 aliphatic carbocycles. The van der Waals surface area contributed by atoms with E-state index >= 15 is 0 Å². The van der Waals surface area contributed by atoms with Crippen LogP contribution in [-0.4, -0.2) is 19.7 Å². The summed E-state index contributed by atoms with van der Waals surface area (Å²) in [5, 5.41) is 0. The maximum atomic E-state index is 14.5. The van der Waals surface area contributed by atoms with Gasteiger partial charge in [0.2, 0.25) is 0 Å². The SMILES string of the molecule is NCCc1cccc(F)c1N1CCCOc2ccccc21. The molecule has 0 fully saturated rings. The Kier molecular flexibility index (Phi) is 4.06. The summed E-state index contributed by atoms with van der Waals surface area (Å²) >= 11 is 0. The van der Waals surface area contributed by atoms with Gasteiger partial charge in [0.15, 0.2) is 0 Å². The number of anilines is 2. The molecule has 0 saturated carbocycles. The molecule has 3 nitrogen and oxygen atoms in total. The monoisotopic (exact) mass is 286 g/mol. The van der Waals surface area contributed by atoms with E-state index in [9.17, 15) is 4.39 Å². The van der Waals surface area contributed by atoms with E-state index in [0.29, 0.717) is 25.3 Å². The number of fused-ring (bicyclic) bond motifs is 1. The van der Waals surface area contributed by atoms with Gasteiger partial charge in [0.25, 0.3) is 0 Å². The average Bonchev–Trinajstić information content (AvgIpc) is 2.70. The molecule has 1 aliphatic heterocycles. The van der Waals surface area contributed by atoms with Crippen molar-refractivity contribution in [3.8, 4) is 5.75 Å². The van der Waals surface area contributed by atoms with Crippen molar-refractivity contribution in [3.05, 3.63) is 53.8 Å². The van der Waals surface area contributed by atoms with Crippen LogP contribution in [0.1, 0.15) is 12.0 Å². The molecule has 3 rings (SSSR count). The van der Waals surface area contributed by atoms with Crippen molar-refractivity contribution >= 4 is 11.4 Å². The number of benzene rings is 2. The highest BCUT2D eigenvalue weighted by molar-refractivity contribution is 5.72. The van der Waals surface area contributed by atoms with Crippen LogP contribution in [0.3, 0.4) is 0 Å². The van der Waals surface area contributed by atoms with Gasteiger partial charge in [0, 0.05) is 6.54 Å². The maximum Gasteiger partial charge on any atom is 0.147 e. The summed E-state index contributed by atoms with van der Waals surface area (Å²) in [6.07, 6.45) is 1.51. The van der Waals surface area contributed by atoms with Gasteiger partial charge >= 0.3 is 0 Å². The molecule has 110 valence electrons. The molecule has 2 aromatic carbocycles. The quantitative estimate of drug-likeness (QED) is 0.941. The van der Waals surface area contributed by atoms with E-state index in [1.54, 1.807) is 6.07 Å². The molecule has 0 bridgehead atoms. The van der Waals surface area contributed by atoms with Crippen LogP contribution in [0.2, 0.25) is 0 Å². The molecule has 4 heteroatoms. The second-order valence-corrected chi connectivity index (χ2v) is 5.11. The molecule has 0 radical (unpaired) electrons. The molecule has 0 amide bonds. The van der Waals surface area contributed by atoms with Gasteiger partial charge in [0.1, 0.15) is 11.6 Å². The van der Waals surface area contributed by atoms with E-state index in [4.69, 9.17) is 10.5 Å². The van der Waals surface area contributed by atoms with E-state index < -0.39 is 0 Å². The molecular formula is C17H19FN2O. The minimum atomic E-state index is -0.211. The number of ether oxygens (including phenoxy) is 1. The highest BCUT2D eigenvalue weighted by atomic mass is 19.1. The summed E-state index contributed by atoms with van der Waals surface area (Å²) in [7, 11) is 0. The van der Waals surface area contributed by atoms with Gasteiger partial charge in [-0.15, -0.1) is 0 Å². The summed E-state index contributed by atoms with van der Waals surface area (Å²) in [4.78, 5) is 2.02. The summed E-state index contributed by atoms with van der Waals surface area (Å²) in [6.45, 7) is 1.88. The number of nitrogens with two attached hydrogens (primary N) is 1. The zero-order valence-electron chi connectivity index (χ0n) is 11.9. The Balaban J connectivity index is 2.12. The fourth-order valence-corrected chi connectivity index (χ4v) is 2.78. The second-order valence-electron chi connectivity index (χ2n) is 5.11. The number of hydrogen-bond acceptors (Lipinski definition) is 3. The zero-order chi connectivity index (χ0) is 14.7. The van der Waals surface area contributed by atoms with Crippen molar-refractivity contribution in [2.45, 2.75) is 12.8 Å². The van der Waals surface area contributed by atoms with E-state index in [0.717, 1.165) is 30.0 Å². The normalized spacial score (nSPS) is 14.3. The van der Waals surface area contributed by atoms with Crippen LogP contribution in [0.25, 0.3) is 0 Å². The van der Waals surface area contributed by atoms with Crippen molar-refractivity contribution in [3.63, 3.8) is 0 Å². The summed E-state index contributed by atoms with van der Waals surface area (Å²) in [6, 6.07) is 13.0. The third-order valence-electron chi connectivity index (χ3n) is 3.69. The first kappa shape index (κ1) is 13.9. The van der Waals surface area contributed by atoms with Gasteiger partial charge < -0.3 is 15.4 Å². The lowest BCUT2D eigenvalue weighted by atomic mass is 10.1. The number of rotatable bonds is 3. The Morgan fingerprint density at radius 3 is 2.86 bits per heavy atom. The van der Waals surface area contributed by atoms with Crippen LogP contribution in [0.15, 0.2) is 42.5 Å². The molecule has 1 heterocycles. The molecule has 1 aliphatic rings. The molecule has 0 unspecified atom stereocenters. The summed E-state index contributed by atoms with van der Waals surface area (Å²) in [5.41, 5.74) is 8.15. The number of hydrogen-bond donors (Lipinski definition) is 1. The van der Waals surface area contributed by atoms with Crippen LogP contribution >= 0.6 is 0 Å². The van der Waals surface area contributed by atoms with E-state index in [-0.39, 0.29) is 5.82 Å². The Labute approximate surface area is 124 Å². The van der Waals surface area contributed by atoms with Crippen LogP contribution in [-0.2, 0) is 6.42 Å². The van der Waals surface area contributed by atoms with Crippen molar-refractivity contribution in [2.75, 3.05) is 24.6 Å². The van der Waals surface area contributed by atoms with Crippen molar-refractivity contribution < 1.29 is 9.13 Å². The molecule has 2 aromatic rings. The van der Waals surface area contributed by atoms with Gasteiger partial charge in [-0.05, 0) is 43.1 Å². The lowest BCUT2D eigenvalue weighted by Crippen LogP contribution is -2.21. The predicted octanol–water partition coefficient (Wildman–Crippen LogP) is 3.25. The van der Waals surface area contributed by atoms with E-state index in [1.807, 2.05) is 35.2 Å². The van der Waals surface area contributed by atoms with Crippen LogP contribution < -0.4 is 15.4 Å². The maximum absolute atomic E-state index is 14.5. The second kappa shape index (κ2) is 6.14. The highest BCUT2D eigenvalue weighted by Gasteiger charge is 2.22. The van der Waals surface area contributed by atoms with Crippen molar-refractivity contribution in [1.82, 2.24) is 0 Å². The first-order valence-corrected chi connectivity index (χ1v) is 7.28. The Bertz CT molecular complexity index is 630. The van der Waals surface area contributed by atoms with Crippen LogP contribution in [0.4, 0.5) is 15.8 Å². The van der Waals surface area contributed by atoms with Crippen LogP contribution in [0, 0.1) is 5.82 Å². The Hall–Kier alpha value is -2.07. The third kappa shape index (κ3) is 2.72. The van der Waals surface area contributed by atoms with Crippen molar-refractivity contribution in [1.29, 1.82) is 0 Å². The minimum Gasteiger partial charge on any atom is -0.491 e. The molecule has 0 spiro atoms. The smallest absolute Gasteiger partial charge is 0.147 e. The molecule has 0 atom stereocenters. The molecule has 0 aromatic heterocycles. The van der Waals surface area contributed by atoms with Gasteiger partial charge in [-0.1, -0.05) is 24.3 Å². The number of para-hydroxylation sites is 3. The highest BCUT2D eigenvalue weighted by Crippen LogP contribution is 2.38. The van der Waals surface area contributed by atoms with Crippen molar-refractivity contribution in [2.24, 2.45) is 5.73 Å². The average molecular weight is 286 g/mol. The number of halogens is 1. The third-order valence-corrected chi connectivity index (χ3v) is 3.69. The van der Waals surface area contributed by atoms with E-state index in [2.05, 4.69) is 0 Å². The molecular weight excluding hydrogens is 267 g/mol. The molecule has 2 N–H and O–H groups in total. The topological polar surface area (TPSA) is 38.5 Å². The first-order valence-electron chi connectivity index (χ1n) is 7.28. The minimum absolute atomic E-state index is 0.211. The predicted molar refractivity (Wildman–Crippen MR) is 82.7 cm³/mol. The fraction of sp³-hybridized carbons (Fsp3) is 0.294. The van der Waals surface area contributed by atoms with E-state index in [1.165, 1.54) is 6.07 Å². The van der Waals surface area contributed by atoms with Gasteiger partial charge in [0.05, 0.1) is 18.0 Å². The molecule has 21 heavy (non-hydrogen) atoms. The summed E-state index contributed by atoms with van der Waals surface area (Å²) < 4.78 is 20.2. The fourth-order valence-electron chi connectivity index (χ4n) is 2.78. The van der Waals surface area contributed by atoms with Crippen LogP contribution in [0.5, 0.6) is 5.75 Å². The van der Waals surface area contributed by atoms with Gasteiger partial charge in [-0.2, -0.15) is 0 Å². The van der Waals surface area contributed by atoms with Gasteiger partial charge in [-0.25, -0.2) is 4.39 Å². The number of nitrogens with zero attached hydrogens (tertiary/aromatic N) is 1. The van der Waals surface area contributed by atoms with Gasteiger partial charge in [-0.3, -0.25) is 0 Å². The Morgan fingerprint density at radius 1 is 1.14 bits per heavy atom. The summed E-state index contributed by atoms with van der Waals surface area (Å²) in [5.74, 6) is 0.592. The first-order chi connectivity index (χ1) is 10.3. The lowest BCUT2D eigenvalue weighted by Gasteiger charge is -2.26. The molecule has 0 saturated heterocycles. The Morgan fingerprint density at radius 2 is 2.00 bits per heavy atom. The standard InChI is InChI=1S/C17H19FN2O/c18-14-6-3-5-13(9-10-19)17(14)20-11-4-12-21-16-8-2-1-7-15(16)20/h1-3,5-8H,4,9-12,19H2.